The zero-order valence-corrected chi connectivity index (χ0v) is 15.9. The highest BCUT2D eigenvalue weighted by molar-refractivity contribution is 7.09. The van der Waals surface area contributed by atoms with Gasteiger partial charge in [0.25, 0.3) is 5.91 Å². The zero-order valence-electron chi connectivity index (χ0n) is 15.1. The Hall–Kier alpha value is -2.60. The van der Waals surface area contributed by atoms with Crippen LogP contribution in [0.25, 0.3) is 11.0 Å². The SMILES string of the molecule is Cc1cc2occ(CC(=O)OCC(=O)N(C)Cc3cccs3)c2cc1C. The predicted molar refractivity (Wildman–Crippen MR) is 101 cm³/mol. The Morgan fingerprint density at radius 1 is 1.23 bits per heavy atom. The molecule has 2 heterocycles. The summed E-state index contributed by atoms with van der Waals surface area (Å²) >= 11 is 1.59. The van der Waals surface area contributed by atoms with Crippen molar-refractivity contribution in [3.8, 4) is 0 Å². The Labute approximate surface area is 156 Å². The highest BCUT2D eigenvalue weighted by atomic mass is 32.1. The molecule has 0 saturated carbocycles. The normalized spacial score (nSPS) is 10.9. The molecule has 0 aliphatic carbocycles. The molecular weight excluding hydrogens is 350 g/mol. The molecule has 5 nitrogen and oxygen atoms in total. The number of hydrogen-bond donors (Lipinski definition) is 0. The number of likely N-dealkylation sites (N-methyl/N-ethyl adjacent to an activating group) is 1. The van der Waals surface area contributed by atoms with E-state index in [-0.39, 0.29) is 18.9 Å². The van der Waals surface area contributed by atoms with E-state index in [4.69, 9.17) is 9.15 Å². The van der Waals surface area contributed by atoms with Crippen LogP contribution < -0.4 is 0 Å². The highest BCUT2D eigenvalue weighted by Gasteiger charge is 2.16. The fourth-order valence-electron chi connectivity index (χ4n) is 2.66. The minimum absolute atomic E-state index is 0.0808. The molecule has 0 fully saturated rings. The van der Waals surface area contributed by atoms with Crippen LogP contribution in [-0.2, 0) is 27.3 Å². The molecule has 3 rings (SSSR count). The van der Waals surface area contributed by atoms with Crippen LogP contribution in [0, 0.1) is 13.8 Å². The average molecular weight is 371 g/mol. The van der Waals surface area contributed by atoms with Crippen LogP contribution in [0.3, 0.4) is 0 Å². The number of hydrogen-bond acceptors (Lipinski definition) is 5. The lowest BCUT2D eigenvalue weighted by Crippen LogP contribution is -2.30. The topological polar surface area (TPSA) is 59.8 Å². The van der Waals surface area contributed by atoms with Crippen molar-refractivity contribution in [1.29, 1.82) is 0 Å². The van der Waals surface area contributed by atoms with E-state index in [1.165, 1.54) is 0 Å². The van der Waals surface area contributed by atoms with Gasteiger partial charge in [0.05, 0.1) is 19.2 Å². The molecular formula is C20H21NO4S. The van der Waals surface area contributed by atoms with Crippen LogP contribution in [-0.4, -0.2) is 30.4 Å². The van der Waals surface area contributed by atoms with Crippen LogP contribution in [0.1, 0.15) is 21.6 Å². The van der Waals surface area contributed by atoms with E-state index in [2.05, 4.69) is 0 Å². The molecule has 0 radical (unpaired) electrons. The van der Waals surface area contributed by atoms with Gasteiger partial charge in [0.15, 0.2) is 6.61 Å². The maximum Gasteiger partial charge on any atom is 0.310 e. The third-order valence-corrected chi connectivity index (χ3v) is 5.22. The van der Waals surface area contributed by atoms with Gasteiger partial charge in [-0.25, -0.2) is 0 Å². The first-order valence-corrected chi connectivity index (χ1v) is 9.21. The molecule has 0 spiro atoms. The molecule has 0 aliphatic rings. The summed E-state index contributed by atoms with van der Waals surface area (Å²) in [7, 11) is 1.70. The number of esters is 1. The van der Waals surface area contributed by atoms with Gasteiger partial charge in [0.2, 0.25) is 0 Å². The lowest BCUT2D eigenvalue weighted by molar-refractivity contribution is -0.151. The minimum atomic E-state index is -0.441. The van der Waals surface area contributed by atoms with Crippen LogP contribution >= 0.6 is 11.3 Å². The van der Waals surface area contributed by atoms with E-state index in [0.717, 1.165) is 32.5 Å². The quantitative estimate of drug-likeness (QED) is 0.618. The number of nitrogens with zero attached hydrogens (tertiary/aromatic N) is 1. The summed E-state index contributed by atoms with van der Waals surface area (Å²) in [6.45, 7) is 4.29. The number of benzene rings is 1. The number of carbonyl (C=O) groups is 2. The summed E-state index contributed by atoms with van der Waals surface area (Å²) < 4.78 is 10.7. The third-order valence-electron chi connectivity index (χ3n) is 4.36. The van der Waals surface area contributed by atoms with Crippen molar-refractivity contribution < 1.29 is 18.7 Å². The van der Waals surface area contributed by atoms with Crippen molar-refractivity contribution in [2.24, 2.45) is 0 Å². The van der Waals surface area contributed by atoms with Gasteiger partial charge in [-0.2, -0.15) is 0 Å². The highest BCUT2D eigenvalue weighted by Crippen LogP contribution is 2.25. The summed E-state index contributed by atoms with van der Waals surface area (Å²) in [4.78, 5) is 26.9. The smallest absolute Gasteiger partial charge is 0.310 e. The predicted octanol–water partition coefficient (Wildman–Crippen LogP) is 3.86. The van der Waals surface area contributed by atoms with Crippen molar-refractivity contribution in [2.75, 3.05) is 13.7 Å². The Morgan fingerprint density at radius 3 is 2.73 bits per heavy atom. The zero-order chi connectivity index (χ0) is 18.7. The average Bonchev–Trinajstić information content (AvgIpc) is 3.24. The molecule has 0 aliphatic heterocycles. The monoisotopic (exact) mass is 371 g/mol. The molecule has 0 bridgehead atoms. The largest absolute Gasteiger partial charge is 0.464 e. The number of aryl methyl sites for hydroxylation is 2. The fraction of sp³-hybridized carbons (Fsp3) is 0.300. The van der Waals surface area contributed by atoms with Gasteiger partial charge in [0.1, 0.15) is 5.58 Å². The molecule has 6 heteroatoms. The molecule has 26 heavy (non-hydrogen) atoms. The van der Waals surface area contributed by atoms with E-state index in [0.29, 0.717) is 6.54 Å². The summed E-state index contributed by atoms with van der Waals surface area (Å²) in [5, 5.41) is 2.87. The number of fused-ring (bicyclic) bond motifs is 1. The Balaban J connectivity index is 1.56. The van der Waals surface area contributed by atoms with Gasteiger partial charge in [-0.15, -0.1) is 11.3 Å². The molecule has 1 aromatic carbocycles. The summed E-state index contributed by atoms with van der Waals surface area (Å²) in [6.07, 6.45) is 1.66. The lowest BCUT2D eigenvalue weighted by atomic mass is 10.0. The molecule has 3 aromatic rings. The third kappa shape index (κ3) is 4.14. The van der Waals surface area contributed by atoms with Gasteiger partial charge < -0.3 is 14.1 Å². The van der Waals surface area contributed by atoms with E-state index in [1.807, 2.05) is 43.5 Å². The van der Waals surface area contributed by atoms with Gasteiger partial charge in [0, 0.05) is 22.9 Å². The van der Waals surface area contributed by atoms with Gasteiger partial charge in [-0.1, -0.05) is 6.07 Å². The van der Waals surface area contributed by atoms with Gasteiger partial charge in [-0.05, 0) is 48.6 Å². The summed E-state index contributed by atoms with van der Waals surface area (Å²) in [5.41, 5.74) is 3.80. The minimum Gasteiger partial charge on any atom is -0.464 e. The van der Waals surface area contributed by atoms with E-state index >= 15 is 0 Å². The van der Waals surface area contributed by atoms with Crippen molar-refractivity contribution >= 4 is 34.2 Å². The van der Waals surface area contributed by atoms with Crippen molar-refractivity contribution in [2.45, 2.75) is 26.8 Å². The van der Waals surface area contributed by atoms with Crippen LogP contribution in [0.5, 0.6) is 0 Å². The van der Waals surface area contributed by atoms with Gasteiger partial charge >= 0.3 is 5.97 Å². The molecule has 0 saturated heterocycles. The second-order valence-electron chi connectivity index (χ2n) is 6.36. The number of furan rings is 1. The van der Waals surface area contributed by atoms with Crippen LogP contribution in [0.2, 0.25) is 0 Å². The van der Waals surface area contributed by atoms with E-state index < -0.39 is 5.97 Å². The molecule has 1 amide bonds. The molecule has 136 valence electrons. The van der Waals surface area contributed by atoms with Crippen molar-refractivity contribution in [3.63, 3.8) is 0 Å². The second-order valence-corrected chi connectivity index (χ2v) is 7.39. The van der Waals surface area contributed by atoms with E-state index in [9.17, 15) is 9.59 Å². The lowest BCUT2D eigenvalue weighted by Gasteiger charge is -2.16. The Bertz CT molecular complexity index is 927. The first kappa shape index (κ1) is 18.2. The molecule has 0 atom stereocenters. The number of amides is 1. The Morgan fingerprint density at radius 2 is 2.00 bits per heavy atom. The molecule has 0 N–H and O–H groups in total. The standard InChI is InChI=1S/C20H21NO4S/c1-13-7-17-15(11-24-18(17)8-14(13)2)9-20(23)25-12-19(22)21(3)10-16-5-4-6-26-16/h4-8,11H,9-10,12H2,1-3H3. The fourth-order valence-corrected chi connectivity index (χ4v) is 3.41. The number of thiophene rings is 1. The van der Waals surface area contributed by atoms with Crippen molar-refractivity contribution in [1.82, 2.24) is 4.90 Å². The number of rotatable bonds is 6. The molecule has 2 aromatic heterocycles. The second kappa shape index (κ2) is 7.74. The number of carbonyl (C=O) groups excluding carboxylic acids is 2. The van der Waals surface area contributed by atoms with Crippen molar-refractivity contribution in [3.05, 3.63) is 57.5 Å². The van der Waals surface area contributed by atoms with Crippen LogP contribution in [0.4, 0.5) is 0 Å². The molecule has 0 unspecified atom stereocenters. The van der Waals surface area contributed by atoms with E-state index in [1.54, 1.807) is 29.5 Å². The summed E-state index contributed by atoms with van der Waals surface area (Å²) in [6, 6.07) is 7.88. The Kier molecular flexibility index (Phi) is 5.42. The first-order valence-electron chi connectivity index (χ1n) is 8.33. The first-order chi connectivity index (χ1) is 12.4. The van der Waals surface area contributed by atoms with Gasteiger partial charge in [-0.3, -0.25) is 9.59 Å². The number of ether oxygens (including phenoxy) is 1. The summed E-state index contributed by atoms with van der Waals surface area (Å²) in [5.74, 6) is -0.668. The maximum atomic E-state index is 12.1. The maximum absolute atomic E-state index is 12.1. The van der Waals surface area contributed by atoms with Crippen LogP contribution in [0.15, 0.2) is 40.3 Å².